The molecule has 1 aliphatic carbocycles. The van der Waals surface area contributed by atoms with Crippen LogP contribution >= 0.6 is 0 Å². The first kappa shape index (κ1) is 22.0. The molecule has 7 nitrogen and oxygen atoms in total. The Labute approximate surface area is 183 Å². The average Bonchev–Trinajstić information content (AvgIpc) is 2.76. The Hall–Kier alpha value is -2.16. The molecule has 0 atom stereocenters. The molecule has 0 aromatic heterocycles. The van der Waals surface area contributed by atoms with Crippen molar-refractivity contribution in [2.24, 2.45) is 0 Å². The molecule has 4 rings (SSSR count). The molecule has 3 fully saturated rings. The molecule has 3 aliphatic rings. The van der Waals surface area contributed by atoms with E-state index in [9.17, 15) is 4.79 Å². The molecule has 1 amide bonds. The molecular formula is C23H32FN3O4. The molecule has 1 aromatic rings. The Morgan fingerprint density at radius 2 is 1.77 bits per heavy atom. The number of rotatable bonds is 7. The van der Waals surface area contributed by atoms with Gasteiger partial charge in [-0.2, -0.15) is 0 Å². The van der Waals surface area contributed by atoms with Crippen LogP contribution in [0.4, 0.5) is 10.1 Å². The number of methoxy groups -OCH3 is 1. The second-order valence-electron chi connectivity index (χ2n) is 8.22. The van der Waals surface area contributed by atoms with E-state index in [1.54, 1.807) is 7.11 Å². The number of amides is 1. The Morgan fingerprint density at radius 3 is 2.39 bits per heavy atom. The lowest BCUT2D eigenvalue weighted by Crippen LogP contribution is -2.38. The van der Waals surface area contributed by atoms with E-state index in [0.717, 1.165) is 43.8 Å². The molecule has 1 saturated carbocycles. The lowest BCUT2D eigenvalue weighted by Gasteiger charge is -2.31. The number of morpholine rings is 2. The largest absolute Gasteiger partial charge is 0.499 e. The summed E-state index contributed by atoms with van der Waals surface area (Å²) in [7, 11) is 1.62. The van der Waals surface area contributed by atoms with Crippen LogP contribution in [-0.2, 0) is 20.8 Å². The normalized spacial score (nSPS) is 19.7. The topological polar surface area (TPSA) is 63.3 Å². The number of hydrogen-bond acceptors (Lipinski definition) is 6. The summed E-state index contributed by atoms with van der Waals surface area (Å²) >= 11 is 0. The van der Waals surface area contributed by atoms with Gasteiger partial charge in [0.2, 0.25) is 0 Å². The molecule has 170 valence electrons. The zero-order valence-corrected chi connectivity index (χ0v) is 18.3. The Bertz CT molecular complexity index is 811. The van der Waals surface area contributed by atoms with Crippen molar-refractivity contribution >= 4 is 11.6 Å². The Balaban J connectivity index is 1.56. The summed E-state index contributed by atoms with van der Waals surface area (Å²) in [6.07, 6.45) is 3.16. The van der Waals surface area contributed by atoms with Gasteiger partial charge in [-0.3, -0.25) is 9.69 Å². The van der Waals surface area contributed by atoms with Gasteiger partial charge in [0.05, 0.1) is 45.6 Å². The summed E-state index contributed by atoms with van der Waals surface area (Å²) in [5.74, 6) is -0.0940. The molecule has 31 heavy (non-hydrogen) atoms. The predicted octanol–water partition coefficient (Wildman–Crippen LogP) is 2.31. The van der Waals surface area contributed by atoms with Crippen molar-refractivity contribution in [3.05, 3.63) is 40.4 Å². The summed E-state index contributed by atoms with van der Waals surface area (Å²) in [4.78, 5) is 17.4. The van der Waals surface area contributed by atoms with Crippen LogP contribution in [0.25, 0.3) is 0 Å². The van der Waals surface area contributed by atoms with Crippen molar-refractivity contribution < 1.29 is 23.4 Å². The van der Waals surface area contributed by atoms with Crippen LogP contribution in [-0.4, -0.2) is 77.1 Å². The third kappa shape index (κ3) is 5.37. The van der Waals surface area contributed by atoms with E-state index in [1.807, 2.05) is 6.07 Å². The SMILES string of the molecule is COC(CNC(=O)c1c(F)cc(N2CCOCC2)cc1CN1CCOCC1)=C1CCC1. The van der Waals surface area contributed by atoms with Gasteiger partial charge in [0, 0.05) is 38.4 Å². The van der Waals surface area contributed by atoms with E-state index in [4.69, 9.17) is 14.2 Å². The minimum Gasteiger partial charge on any atom is -0.499 e. The molecule has 8 heteroatoms. The van der Waals surface area contributed by atoms with Crippen LogP contribution in [0.2, 0.25) is 0 Å². The number of anilines is 1. The van der Waals surface area contributed by atoms with Crippen molar-refractivity contribution in [2.75, 3.05) is 71.2 Å². The van der Waals surface area contributed by atoms with Crippen molar-refractivity contribution in [1.29, 1.82) is 0 Å². The number of allylic oxidation sites excluding steroid dienone is 1. The van der Waals surface area contributed by atoms with Crippen molar-refractivity contribution in [1.82, 2.24) is 10.2 Å². The molecule has 0 spiro atoms. The van der Waals surface area contributed by atoms with E-state index >= 15 is 4.39 Å². The van der Waals surface area contributed by atoms with E-state index in [-0.39, 0.29) is 12.1 Å². The Morgan fingerprint density at radius 1 is 1.10 bits per heavy atom. The first-order chi connectivity index (χ1) is 15.2. The number of carbonyl (C=O) groups is 1. The zero-order chi connectivity index (χ0) is 21.6. The van der Waals surface area contributed by atoms with Gasteiger partial charge in [-0.1, -0.05) is 0 Å². The number of benzene rings is 1. The average molecular weight is 434 g/mol. The fourth-order valence-electron chi connectivity index (χ4n) is 4.25. The third-order valence-electron chi connectivity index (χ3n) is 6.26. The highest BCUT2D eigenvalue weighted by molar-refractivity contribution is 5.96. The predicted molar refractivity (Wildman–Crippen MR) is 116 cm³/mol. The highest BCUT2D eigenvalue weighted by atomic mass is 19.1. The maximum Gasteiger partial charge on any atom is 0.254 e. The molecule has 2 saturated heterocycles. The molecular weight excluding hydrogens is 401 g/mol. The molecule has 1 aromatic carbocycles. The maximum atomic E-state index is 15.3. The number of nitrogens with one attached hydrogen (secondary N) is 1. The fourth-order valence-corrected chi connectivity index (χ4v) is 4.25. The molecule has 1 N–H and O–H groups in total. The van der Waals surface area contributed by atoms with Gasteiger partial charge in [-0.15, -0.1) is 0 Å². The number of hydrogen-bond donors (Lipinski definition) is 1. The second kappa shape index (κ2) is 10.4. The summed E-state index contributed by atoms with van der Waals surface area (Å²) in [6, 6.07) is 3.44. The van der Waals surface area contributed by atoms with E-state index < -0.39 is 11.7 Å². The van der Waals surface area contributed by atoms with Crippen LogP contribution < -0.4 is 10.2 Å². The second-order valence-corrected chi connectivity index (χ2v) is 8.22. The summed E-state index contributed by atoms with van der Waals surface area (Å²) in [6.45, 7) is 6.31. The van der Waals surface area contributed by atoms with Crippen molar-refractivity contribution in [3.63, 3.8) is 0 Å². The summed E-state index contributed by atoms with van der Waals surface area (Å²) in [5, 5.41) is 2.88. The third-order valence-corrected chi connectivity index (χ3v) is 6.26. The van der Waals surface area contributed by atoms with Gasteiger partial charge >= 0.3 is 0 Å². The molecule has 0 bridgehead atoms. The van der Waals surface area contributed by atoms with Gasteiger partial charge in [0.15, 0.2) is 0 Å². The quantitative estimate of drug-likeness (QED) is 0.666. The molecule has 0 unspecified atom stereocenters. The van der Waals surface area contributed by atoms with E-state index in [1.165, 1.54) is 11.6 Å². The number of ether oxygens (including phenoxy) is 3. The van der Waals surface area contributed by atoms with E-state index in [0.29, 0.717) is 51.6 Å². The first-order valence-electron chi connectivity index (χ1n) is 11.1. The minimum absolute atomic E-state index is 0.123. The van der Waals surface area contributed by atoms with Gasteiger partial charge in [-0.25, -0.2) is 4.39 Å². The van der Waals surface area contributed by atoms with E-state index in [2.05, 4.69) is 15.1 Å². The standard InChI is InChI=1S/C23H32FN3O4/c1-29-21(17-3-2-4-17)15-25-23(28)22-18(16-26-5-9-30-10-6-26)13-19(14-20(22)24)27-7-11-31-12-8-27/h13-14H,2-12,15-16H2,1H3,(H,25,28). The monoisotopic (exact) mass is 433 g/mol. The summed E-state index contributed by atoms with van der Waals surface area (Å²) < 4.78 is 31.6. The Kier molecular flexibility index (Phi) is 7.42. The van der Waals surface area contributed by atoms with Gasteiger partial charge in [0.1, 0.15) is 11.6 Å². The lowest BCUT2D eigenvalue weighted by atomic mass is 9.91. The van der Waals surface area contributed by atoms with Gasteiger partial charge in [-0.05, 0) is 42.5 Å². The maximum absolute atomic E-state index is 15.3. The zero-order valence-electron chi connectivity index (χ0n) is 18.3. The molecule has 2 heterocycles. The van der Waals surface area contributed by atoms with Crippen LogP contribution in [0.1, 0.15) is 35.2 Å². The van der Waals surface area contributed by atoms with Crippen molar-refractivity contribution in [3.8, 4) is 0 Å². The summed E-state index contributed by atoms with van der Waals surface area (Å²) in [5.41, 5.74) is 2.86. The van der Waals surface area contributed by atoms with Crippen LogP contribution in [0.3, 0.4) is 0 Å². The van der Waals surface area contributed by atoms with Gasteiger partial charge < -0.3 is 24.4 Å². The number of carbonyl (C=O) groups excluding carboxylic acids is 1. The number of nitrogens with zero attached hydrogens (tertiary/aromatic N) is 2. The van der Waals surface area contributed by atoms with Crippen molar-refractivity contribution in [2.45, 2.75) is 25.8 Å². The smallest absolute Gasteiger partial charge is 0.254 e. The minimum atomic E-state index is -0.486. The number of halogens is 1. The van der Waals surface area contributed by atoms with Crippen LogP contribution in [0.15, 0.2) is 23.5 Å². The molecule has 0 radical (unpaired) electrons. The fraction of sp³-hybridized carbons (Fsp3) is 0.609. The first-order valence-corrected chi connectivity index (χ1v) is 11.1. The lowest BCUT2D eigenvalue weighted by molar-refractivity contribution is 0.0340. The highest BCUT2D eigenvalue weighted by Gasteiger charge is 2.24. The molecule has 2 aliphatic heterocycles. The van der Waals surface area contributed by atoms with Crippen LogP contribution in [0.5, 0.6) is 0 Å². The highest BCUT2D eigenvalue weighted by Crippen LogP contribution is 2.29. The van der Waals surface area contributed by atoms with Crippen LogP contribution in [0, 0.1) is 5.82 Å². The van der Waals surface area contributed by atoms with Gasteiger partial charge in [0.25, 0.3) is 5.91 Å².